The van der Waals surface area contributed by atoms with Crippen LogP contribution < -0.4 is 4.74 Å². The van der Waals surface area contributed by atoms with E-state index in [4.69, 9.17) is 13.9 Å². The van der Waals surface area contributed by atoms with Crippen molar-refractivity contribution in [1.82, 2.24) is 4.90 Å². The average Bonchev–Trinajstić information content (AvgIpc) is 3.55. The molecule has 0 bridgehead atoms. The summed E-state index contributed by atoms with van der Waals surface area (Å²) in [5.41, 5.74) is 1.49. The fourth-order valence-electron chi connectivity index (χ4n) is 4.93. The lowest BCUT2D eigenvalue weighted by Crippen LogP contribution is -2.45. The molecule has 35 heavy (non-hydrogen) atoms. The van der Waals surface area contributed by atoms with Gasteiger partial charge in [0.1, 0.15) is 24.2 Å². The summed E-state index contributed by atoms with van der Waals surface area (Å²) >= 11 is 1.38. The number of carboxylic acids is 1. The van der Waals surface area contributed by atoms with E-state index in [1.807, 2.05) is 18.4 Å². The molecular formula is C26H27NO7S. The van der Waals surface area contributed by atoms with Crippen LogP contribution in [0.4, 0.5) is 0 Å². The van der Waals surface area contributed by atoms with Gasteiger partial charge in [-0.25, -0.2) is 4.79 Å². The van der Waals surface area contributed by atoms with Gasteiger partial charge in [-0.2, -0.15) is 0 Å². The molecule has 9 heteroatoms. The summed E-state index contributed by atoms with van der Waals surface area (Å²) < 4.78 is 16.0. The van der Waals surface area contributed by atoms with Crippen molar-refractivity contribution in [2.45, 2.75) is 31.8 Å². The van der Waals surface area contributed by atoms with Crippen molar-refractivity contribution in [1.29, 1.82) is 0 Å². The second kappa shape index (κ2) is 10.1. The third-order valence-electron chi connectivity index (χ3n) is 6.42. The number of Topliss-reactive ketones (excluding diaryl/α,β-unsaturated/α-hetero) is 1. The highest BCUT2D eigenvalue weighted by Crippen LogP contribution is 2.53. The molecule has 1 aliphatic rings. The van der Waals surface area contributed by atoms with Crippen molar-refractivity contribution in [3.05, 3.63) is 75.4 Å². The van der Waals surface area contributed by atoms with Gasteiger partial charge in [0.05, 0.1) is 19.1 Å². The number of benzene rings is 1. The number of carbonyl (C=O) groups excluding carboxylic acids is 2. The van der Waals surface area contributed by atoms with Crippen molar-refractivity contribution in [3.8, 4) is 5.75 Å². The zero-order valence-electron chi connectivity index (χ0n) is 19.9. The van der Waals surface area contributed by atoms with E-state index >= 15 is 0 Å². The summed E-state index contributed by atoms with van der Waals surface area (Å²) in [5, 5.41) is 12.3. The minimum Gasteiger partial charge on any atom is -0.497 e. The molecule has 1 aliphatic heterocycles. The summed E-state index contributed by atoms with van der Waals surface area (Å²) in [6, 6.07) is 10.0. The first-order valence-corrected chi connectivity index (χ1v) is 12.0. The van der Waals surface area contributed by atoms with Crippen LogP contribution in [0.3, 0.4) is 0 Å². The molecule has 1 amide bonds. The van der Waals surface area contributed by atoms with E-state index in [9.17, 15) is 19.5 Å². The number of ether oxygens (including phenoxy) is 2. The maximum atomic E-state index is 14.0. The first kappa shape index (κ1) is 24.7. The SMILES string of the molecule is COCC(=O)N1C(C(=O)O)C(c2sccc2C)C(C(=O)c2ccc(C)o2)C1c1ccc(OC)cc1. The van der Waals surface area contributed by atoms with Crippen LogP contribution in [-0.2, 0) is 14.3 Å². The quantitative estimate of drug-likeness (QED) is 0.464. The minimum atomic E-state index is -1.27. The van der Waals surface area contributed by atoms with E-state index in [0.29, 0.717) is 17.1 Å². The number of thiophene rings is 1. The monoisotopic (exact) mass is 497 g/mol. The normalized spacial score (nSPS) is 21.8. The topological polar surface area (TPSA) is 106 Å². The Hall–Kier alpha value is -3.43. The first-order chi connectivity index (χ1) is 16.8. The fourth-order valence-corrected chi connectivity index (χ4v) is 6.04. The van der Waals surface area contributed by atoms with Crippen molar-refractivity contribution < 1.29 is 33.4 Å². The fraction of sp³-hybridized carbons (Fsp3) is 0.346. The number of ketones is 1. The van der Waals surface area contributed by atoms with Crippen LogP contribution in [-0.4, -0.2) is 54.5 Å². The van der Waals surface area contributed by atoms with Gasteiger partial charge in [-0.1, -0.05) is 12.1 Å². The van der Waals surface area contributed by atoms with Gasteiger partial charge in [-0.15, -0.1) is 11.3 Å². The van der Waals surface area contributed by atoms with Gasteiger partial charge in [-0.05, 0) is 60.7 Å². The molecule has 0 saturated carbocycles. The predicted octanol–water partition coefficient (Wildman–Crippen LogP) is 4.23. The minimum absolute atomic E-state index is 0.135. The van der Waals surface area contributed by atoms with E-state index in [2.05, 4.69) is 0 Å². The lowest BCUT2D eigenvalue weighted by molar-refractivity contribution is -0.151. The van der Waals surface area contributed by atoms with E-state index in [0.717, 1.165) is 10.4 Å². The van der Waals surface area contributed by atoms with E-state index in [1.54, 1.807) is 50.4 Å². The molecule has 1 saturated heterocycles. The maximum Gasteiger partial charge on any atom is 0.327 e. The number of amides is 1. The molecule has 1 fully saturated rings. The molecule has 2 aromatic heterocycles. The first-order valence-electron chi connectivity index (χ1n) is 11.1. The van der Waals surface area contributed by atoms with Gasteiger partial charge in [0.15, 0.2) is 5.76 Å². The van der Waals surface area contributed by atoms with Crippen molar-refractivity contribution in [2.75, 3.05) is 20.8 Å². The molecular weight excluding hydrogens is 470 g/mol. The smallest absolute Gasteiger partial charge is 0.327 e. The van der Waals surface area contributed by atoms with Crippen LogP contribution in [0.25, 0.3) is 0 Å². The lowest BCUT2D eigenvalue weighted by atomic mass is 9.79. The standard InChI is InChI=1S/C26H27NO7S/c1-14-11-12-35-25(14)21-20(24(29)18-10-5-15(2)34-18)22(16-6-8-17(33-4)9-7-16)27(19(28)13-32-3)23(21)26(30)31/h5-12,20-23H,13H2,1-4H3,(H,30,31). The van der Waals surface area contributed by atoms with E-state index in [-0.39, 0.29) is 18.2 Å². The molecule has 4 unspecified atom stereocenters. The van der Waals surface area contributed by atoms with E-state index < -0.39 is 35.8 Å². The van der Waals surface area contributed by atoms with Crippen LogP contribution in [0, 0.1) is 19.8 Å². The third kappa shape index (κ3) is 4.49. The second-order valence-electron chi connectivity index (χ2n) is 8.53. The van der Waals surface area contributed by atoms with Gasteiger partial charge in [0.2, 0.25) is 11.7 Å². The molecule has 0 spiro atoms. The Morgan fingerprint density at radius 2 is 1.77 bits per heavy atom. The molecule has 0 aliphatic carbocycles. The second-order valence-corrected chi connectivity index (χ2v) is 9.48. The molecule has 8 nitrogen and oxygen atoms in total. The van der Waals surface area contributed by atoms with Crippen molar-refractivity contribution >= 4 is 29.0 Å². The lowest BCUT2D eigenvalue weighted by Gasteiger charge is -2.30. The number of furan rings is 1. The summed E-state index contributed by atoms with van der Waals surface area (Å²) in [5.74, 6) is -2.41. The number of likely N-dealkylation sites (tertiary alicyclic amines) is 1. The maximum absolute atomic E-state index is 14.0. The Bertz CT molecular complexity index is 1230. The Balaban J connectivity index is 1.97. The Kier molecular flexibility index (Phi) is 7.09. The molecule has 4 rings (SSSR count). The Morgan fingerprint density at radius 3 is 2.29 bits per heavy atom. The highest BCUT2D eigenvalue weighted by atomic mass is 32.1. The molecule has 3 aromatic rings. The number of hydrogen-bond donors (Lipinski definition) is 1. The summed E-state index contributed by atoms with van der Waals surface area (Å²) in [4.78, 5) is 42.2. The number of methoxy groups -OCH3 is 2. The van der Waals surface area contributed by atoms with E-state index in [1.165, 1.54) is 23.3 Å². The number of rotatable bonds is 8. The predicted molar refractivity (Wildman–Crippen MR) is 129 cm³/mol. The van der Waals surface area contributed by atoms with Crippen molar-refractivity contribution in [3.63, 3.8) is 0 Å². The molecule has 4 atom stereocenters. The largest absolute Gasteiger partial charge is 0.497 e. The summed E-state index contributed by atoms with van der Waals surface area (Å²) in [6.07, 6.45) is 0. The van der Waals surface area contributed by atoms with Crippen LogP contribution >= 0.6 is 11.3 Å². The average molecular weight is 498 g/mol. The number of aryl methyl sites for hydroxylation is 2. The van der Waals surface area contributed by atoms with Gasteiger partial charge >= 0.3 is 5.97 Å². The molecule has 1 aromatic carbocycles. The number of nitrogens with zero attached hydrogens (tertiary/aromatic N) is 1. The molecule has 1 N–H and O–H groups in total. The summed E-state index contributed by atoms with van der Waals surface area (Å²) in [6.45, 7) is 3.31. The number of hydrogen-bond acceptors (Lipinski definition) is 7. The van der Waals surface area contributed by atoms with Crippen LogP contribution in [0.2, 0.25) is 0 Å². The highest BCUT2D eigenvalue weighted by Gasteiger charge is 2.58. The van der Waals surface area contributed by atoms with Gasteiger partial charge in [-0.3, -0.25) is 9.59 Å². The van der Waals surface area contributed by atoms with Crippen LogP contribution in [0.15, 0.2) is 52.3 Å². The number of carboxylic acid groups (broad SMARTS) is 1. The van der Waals surface area contributed by atoms with Gasteiger partial charge in [0.25, 0.3) is 0 Å². The Labute approximate surface area is 207 Å². The highest BCUT2D eigenvalue weighted by molar-refractivity contribution is 7.10. The molecule has 184 valence electrons. The zero-order chi connectivity index (χ0) is 25.3. The number of carbonyl (C=O) groups is 3. The Morgan fingerprint density at radius 1 is 1.06 bits per heavy atom. The number of aliphatic carboxylic acids is 1. The van der Waals surface area contributed by atoms with Crippen LogP contribution in [0.5, 0.6) is 5.75 Å². The third-order valence-corrected chi connectivity index (χ3v) is 7.54. The summed E-state index contributed by atoms with van der Waals surface area (Å²) in [7, 11) is 2.92. The zero-order valence-corrected chi connectivity index (χ0v) is 20.7. The van der Waals surface area contributed by atoms with Gasteiger partial charge < -0.3 is 23.9 Å². The molecule has 3 heterocycles. The molecule has 0 radical (unpaired) electrons. The van der Waals surface area contributed by atoms with Crippen molar-refractivity contribution in [2.24, 2.45) is 5.92 Å². The van der Waals surface area contributed by atoms with Crippen LogP contribution in [0.1, 0.15) is 44.3 Å². The van der Waals surface area contributed by atoms with Gasteiger partial charge in [0, 0.05) is 17.9 Å².